The van der Waals surface area contributed by atoms with E-state index in [-0.39, 0.29) is 5.91 Å². The Morgan fingerprint density at radius 1 is 1.13 bits per heavy atom. The molecule has 0 aliphatic carbocycles. The van der Waals surface area contributed by atoms with Crippen molar-refractivity contribution < 1.29 is 4.79 Å². The normalized spacial score (nSPS) is 10.5. The molecular weight excluding hydrogens is 304 g/mol. The summed E-state index contributed by atoms with van der Waals surface area (Å²) >= 11 is 1.65. The first kappa shape index (κ1) is 15.4. The number of aromatic nitrogens is 1. The Hall–Kier alpha value is -2.46. The van der Waals surface area contributed by atoms with Crippen LogP contribution in [0.3, 0.4) is 0 Å². The molecule has 116 valence electrons. The molecule has 0 radical (unpaired) electrons. The minimum Gasteiger partial charge on any atom is -0.348 e. The highest BCUT2D eigenvalue weighted by molar-refractivity contribution is 7.08. The number of rotatable bonds is 4. The summed E-state index contributed by atoms with van der Waals surface area (Å²) in [7, 11) is 0. The van der Waals surface area contributed by atoms with Gasteiger partial charge in [0.1, 0.15) is 0 Å². The number of nitrogens with zero attached hydrogens (tertiary/aromatic N) is 1. The van der Waals surface area contributed by atoms with Gasteiger partial charge in [-0.3, -0.25) is 9.78 Å². The summed E-state index contributed by atoms with van der Waals surface area (Å²) in [4.78, 5) is 16.7. The number of thiophene rings is 1. The van der Waals surface area contributed by atoms with Gasteiger partial charge in [-0.25, -0.2) is 0 Å². The number of amides is 1. The number of benzene rings is 1. The van der Waals surface area contributed by atoms with Gasteiger partial charge in [0.2, 0.25) is 0 Å². The minimum atomic E-state index is -0.0537. The summed E-state index contributed by atoms with van der Waals surface area (Å²) in [6.45, 7) is 4.55. The molecule has 0 atom stereocenters. The second-order valence-corrected chi connectivity index (χ2v) is 6.32. The monoisotopic (exact) mass is 322 g/mol. The van der Waals surface area contributed by atoms with Gasteiger partial charge in [-0.05, 0) is 66.2 Å². The Bertz CT molecular complexity index is 825. The van der Waals surface area contributed by atoms with Crippen LogP contribution in [0.25, 0.3) is 11.3 Å². The molecule has 3 nitrogen and oxygen atoms in total. The first-order chi connectivity index (χ1) is 11.1. The van der Waals surface area contributed by atoms with Gasteiger partial charge in [0, 0.05) is 29.2 Å². The van der Waals surface area contributed by atoms with Crippen molar-refractivity contribution in [1.82, 2.24) is 10.3 Å². The van der Waals surface area contributed by atoms with Crippen LogP contribution in [-0.2, 0) is 6.54 Å². The maximum absolute atomic E-state index is 12.3. The average molecular weight is 322 g/mol. The number of carbonyl (C=O) groups is 1. The van der Waals surface area contributed by atoms with Gasteiger partial charge < -0.3 is 5.32 Å². The van der Waals surface area contributed by atoms with Crippen LogP contribution in [0.4, 0.5) is 0 Å². The third kappa shape index (κ3) is 3.66. The van der Waals surface area contributed by atoms with E-state index in [4.69, 9.17) is 0 Å². The van der Waals surface area contributed by atoms with Gasteiger partial charge in [-0.1, -0.05) is 6.07 Å². The van der Waals surface area contributed by atoms with Crippen LogP contribution in [0.2, 0.25) is 0 Å². The highest BCUT2D eigenvalue weighted by Crippen LogP contribution is 2.20. The molecule has 4 heteroatoms. The fourth-order valence-corrected chi connectivity index (χ4v) is 2.97. The van der Waals surface area contributed by atoms with E-state index in [2.05, 4.69) is 15.7 Å². The van der Waals surface area contributed by atoms with Gasteiger partial charge in [0.05, 0.1) is 5.69 Å². The van der Waals surface area contributed by atoms with E-state index >= 15 is 0 Å². The summed E-state index contributed by atoms with van der Waals surface area (Å²) in [5, 5.41) is 7.07. The topological polar surface area (TPSA) is 42.0 Å². The summed E-state index contributed by atoms with van der Waals surface area (Å²) in [5.41, 5.74) is 6.09. The minimum absolute atomic E-state index is 0.0537. The van der Waals surface area contributed by atoms with Gasteiger partial charge in [0.25, 0.3) is 5.91 Å². The van der Waals surface area contributed by atoms with Crippen LogP contribution in [0.5, 0.6) is 0 Å². The summed E-state index contributed by atoms with van der Waals surface area (Å²) in [5.74, 6) is -0.0537. The summed E-state index contributed by atoms with van der Waals surface area (Å²) in [6, 6.07) is 11.8. The Balaban J connectivity index is 1.69. The Morgan fingerprint density at radius 2 is 2.00 bits per heavy atom. The van der Waals surface area contributed by atoms with Crippen molar-refractivity contribution in [3.05, 3.63) is 75.6 Å². The zero-order valence-corrected chi connectivity index (χ0v) is 14.0. The van der Waals surface area contributed by atoms with Crippen molar-refractivity contribution >= 4 is 17.2 Å². The third-order valence-electron chi connectivity index (χ3n) is 3.86. The van der Waals surface area contributed by atoms with Crippen molar-refractivity contribution in [2.75, 3.05) is 0 Å². The molecule has 0 saturated heterocycles. The first-order valence-electron chi connectivity index (χ1n) is 7.46. The van der Waals surface area contributed by atoms with Crippen LogP contribution < -0.4 is 5.32 Å². The predicted octanol–water partition coefficient (Wildman–Crippen LogP) is 4.36. The molecular formula is C19H18N2OS. The molecule has 0 spiro atoms. The van der Waals surface area contributed by atoms with E-state index in [1.165, 1.54) is 5.56 Å². The van der Waals surface area contributed by atoms with Crippen molar-refractivity contribution in [3.8, 4) is 11.3 Å². The molecule has 2 aromatic heterocycles. The molecule has 0 unspecified atom stereocenters. The predicted molar refractivity (Wildman–Crippen MR) is 94.6 cm³/mol. The molecule has 1 amide bonds. The number of hydrogen-bond acceptors (Lipinski definition) is 3. The van der Waals surface area contributed by atoms with Crippen molar-refractivity contribution in [1.29, 1.82) is 0 Å². The van der Waals surface area contributed by atoms with Gasteiger partial charge in [0.15, 0.2) is 0 Å². The number of hydrogen-bond donors (Lipinski definition) is 1. The quantitative estimate of drug-likeness (QED) is 0.775. The molecule has 0 fully saturated rings. The standard InChI is InChI=1S/C19H18N2OS/c1-13-3-4-16(9-14(13)2)19(22)21-11-15-5-7-20-18(10-15)17-6-8-23-12-17/h3-10,12H,11H2,1-2H3,(H,21,22). The Morgan fingerprint density at radius 3 is 2.74 bits per heavy atom. The molecule has 1 aromatic carbocycles. The molecule has 2 heterocycles. The van der Waals surface area contributed by atoms with Crippen LogP contribution >= 0.6 is 11.3 Å². The van der Waals surface area contributed by atoms with E-state index < -0.39 is 0 Å². The molecule has 1 N–H and O–H groups in total. The third-order valence-corrected chi connectivity index (χ3v) is 4.55. The lowest BCUT2D eigenvalue weighted by molar-refractivity contribution is 0.0951. The smallest absolute Gasteiger partial charge is 0.251 e. The molecule has 0 aliphatic rings. The Labute approximate surface area is 140 Å². The SMILES string of the molecule is Cc1ccc(C(=O)NCc2ccnc(-c3ccsc3)c2)cc1C. The lowest BCUT2D eigenvalue weighted by Gasteiger charge is -2.08. The second kappa shape index (κ2) is 6.75. The van der Waals surface area contributed by atoms with E-state index in [0.717, 1.165) is 22.4 Å². The lowest BCUT2D eigenvalue weighted by atomic mass is 10.1. The fraction of sp³-hybridized carbons (Fsp3) is 0.158. The van der Waals surface area contributed by atoms with Crippen LogP contribution in [0.15, 0.2) is 53.4 Å². The van der Waals surface area contributed by atoms with E-state index in [9.17, 15) is 4.79 Å². The van der Waals surface area contributed by atoms with Crippen LogP contribution in [0.1, 0.15) is 27.0 Å². The second-order valence-electron chi connectivity index (χ2n) is 5.54. The van der Waals surface area contributed by atoms with Gasteiger partial charge >= 0.3 is 0 Å². The van der Waals surface area contributed by atoms with Crippen molar-refractivity contribution in [2.45, 2.75) is 20.4 Å². The zero-order valence-electron chi connectivity index (χ0n) is 13.2. The summed E-state index contributed by atoms with van der Waals surface area (Å²) < 4.78 is 0. The maximum Gasteiger partial charge on any atom is 0.251 e. The fourth-order valence-electron chi connectivity index (χ4n) is 2.32. The van der Waals surface area contributed by atoms with Gasteiger partial charge in [-0.15, -0.1) is 0 Å². The Kier molecular flexibility index (Phi) is 4.53. The molecule has 23 heavy (non-hydrogen) atoms. The number of pyridine rings is 1. The molecule has 3 aromatic rings. The van der Waals surface area contributed by atoms with Crippen molar-refractivity contribution in [3.63, 3.8) is 0 Å². The molecule has 0 saturated carbocycles. The van der Waals surface area contributed by atoms with E-state index in [0.29, 0.717) is 12.1 Å². The van der Waals surface area contributed by atoms with Crippen LogP contribution in [0, 0.1) is 13.8 Å². The maximum atomic E-state index is 12.3. The average Bonchev–Trinajstić information content (AvgIpc) is 3.10. The largest absolute Gasteiger partial charge is 0.348 e. The zero-order chi connectivity index (χ0) is 16.2. The lowest BCUT2D eigenvalue weighted by Crippen LogP contribution is -2.22. The number of carbonyl (C=O) groups excluding carboxylic acids is 1. The van der Waals surface area contributed by atoms with E-state index in [1.807, 2.05) is 55.6 Å². The number of aryl methyl sites for hydroxylation is 2. The van der Waals surface area contributed by atoms with Crippen LogP contribution in [-0.4, -0.2) is 10.9 Å². The first-order valence-corrected chi connectivity index (χ1v) is 8.41. The number of nitrogens with one attached hydrogen (secondary N) is 1. The molecule has 0 bridgehead atoms. The van der Waals surface area contributed by atoms with Gasteiger partial charge in [-0.2, -0.15) is 11.3 Å². The summed E-state index contributed by atoms with van der Waals surface area (Å²) in [6.07, 6.45) is 1.78. The highest BCUT2D eigenvalue weighted by atomic mass is 32.1. The molecule has 3 rings (SSSR count). The van der Waals surface area contributed by atoms with E-state index in [1.54, 1.807) is 17.5 Å². The highest BCUT2D eigenvalue weighted by Gasteiger charge is 2.07. The molecule has 0 aliphatic heterocycles. The van der Waals surface area contributed by atoms with Crippen molar-refractivity contribution in [2.24, 2.45) is 0 Å².